The van der Waals surface area contributed by atoms with E-state index in [1.165, 1.54) is 19.1 Å². The van der Waals surface area contributed by atoms with Crippen molar-refractivity contribution in [2.75, 3.05) is 39.6 Å². The van der Waals surface area contributed by atoms with Crippen molar-refractivity contribution in [3.05, 3.63) is 47.8 Å². The third-order valence-corrected chi connectivity index (χ3v) is 10.4. The number of sulfone groups is 1. The highest BCUT2D eigenvalue weighted by Gasteiger charge is 2.36. The molecule has 0 aliphatic carbocycles. The van der Waals surface area contributed by atoms with Crippen molar-refractivity contribution >= 4 is 20.9 Å². The van der Waals surface area contributed by atoms with Crippen LogP contribution in [0.15, 0.2) is 41.3 Å². The van der Waals surface area contributed by atoms with Crippen molar-refractivity contribution in [2.24, 2.45) is 7.05 Å². The number of hydrogen-bond acceptors (Lipinski definition) is 6. The molecule has 0 spiro atoms. The first kappa shape index (κ1) is 29.2. The summed E-state index contributed by atoms with van der Waals surface area (Å²) >= 11 is 0. The summed E-state index contributed by atoms with van der Waals surface area (Å²) in [5, 5.41) is 0. The number of nitrogens with zero attached hydrogens (tertiary/aromatic N) is 4. The van der Waals surface area contributed by atoms with Gasteiger partial charge in [0.1, 0.15) is 11.3 Å². The Morgan fingerprint density at radius 3 is 2.42 bits per heavy atom. The molecule has 0 saturated carbocycles. The summed E-state index contributed by atoms with van der Waals surface area (Å²) in [6.45, 7) is 8.52. The van der Waals surface area contributed by atoms with E-state index in [0.29, 0.717) is 35.4 Å². The molecule has 2 fully saturated rings. The first-order chi connectivity index (χ1) is 19.1. The predicted molar refractivity (Wildman–Crippen MR) is 158 cm³/mol. The molecule has 218 valence electrons. The van der Waals surface area contributed by atoms with Crippen LogP contribution in [-0.2, 0) is 21.6 Å². The van der Waals surface area contributed by atoms with Crippen LogP contribution in [-0.4, -0.2) is 85.5 Å². The van der Waals surface area contributed by atoms with Gasteiger partial charge in [-0.3, -0.25) is 4.90 Å². The molecule has 9 heteroatoms. The van der Waals surface area contributed by atoms with Crippen molar-refractivity contribution in [1.82, 2.24) is 19.4 Å². The van der Waals surface area contributed by atoms with E-state index < -0.39 is 9.84 Å². The lowest BCUT2D eigenvalue weighted by Crippen LogP contribution is -2.55. The lowest BCUT2D eigenvalue weighted by molar-refractivity contribution is 0.00479. The van der Waals surface area contributed by atoms with Gasteiger partial charge in [0.15, 0.2) is 15.7 Å². The highest BCUT2D eigenvalue weighted by atomic mass is 32.2. The Kier molecular flexibility index (Phi) is 8.66. The molecule has 3 atom stereocenters. The van der Waals surface area contributed by atoms with Crippen molar-refractivity contribution in [3.63, 3.8) is 0 Å². The smallest absolute Gasteiger partial charge is 0.175 e. The van der Waals surface area contributed by atoms with Gasteiger partial charge in [-0.05, 0) is 100.0 Å². The van der Waals surface area contributed by atoms with Crippen LogP contribution in [0.5, 0.6) is 0 Å². The number of rotatable bonds is 8. The standard InChI is InChI=1S/C31H43FN4O3S/c1-6-25-20-26(17-21(2)36(25)15-16-39-4)35-13-11-22(12-14-35)24-18-28(32)30-29(19-24)34(3)31(33-30)23-7-9-27(10-8-23)40(5,37)38/h7-10,18-19,21-22,25-26H,6,11-17,20H2,1-5H3. The maximum atomic E-state index is 15.4. The summed E-state index contributed by atoms with van der Waals surface area (Å²) in [5.74, 6) is 0.647. The Morgan fingerprint density at radius 1 is 1.10 bits per heavy atom. The highest BCUT2D eigenvalue weighted by molar-refractivity contribution is 7.90. The Balaban J connectivity index is 1.30. The Hall–Kier alpha value is -2.33. The normalized spacial score (nSPS) is 23.7. The topological polar surface area (TPSA) is 67.7 Å². The van der Waals surface area contributed by atoms with Gasteiger partial charge in [-0.15, -0.1) is 0 Å². The number of aryl methyl sites for hydroxylation is 1. The van der Waals surface area contributed by atoms with Gasteiger partial charge in [-0.25, -0.2) is 17.8 Å². The van der Waals surface area contributed by atoms with Gasteiger partial charge >= 0.3 is 0 Å². The zero-order chi connectivity index (χ0) is 28.6. The molecule has 3 heterocycles. The second kappa shape index (κ2) is 11.9. The molecule has 0 bridgehead atoms. The Labute approximate surface area is 238 Å². The molecule has 2 aliphatic heterocycles. The van der Waals surface area contributed by atoms with Crippen LogP contribution in [0.1, 0.15) is 57.4 Å². The average molecular weight is 571 g/mol. The van der Waals surface area contributed by atoms with Crippen LogP contribution in [0, 0.1) is 5.82 Å². The monoisotopic (exact) mass is 570 g/mol. The number of piperidine rings is 2. The zero-order valence-corrected chi connectivity index (χ0v) is 25.3. The van der Waals surface area contributed by atoms with Crippen LogP contribution >= 0.6 is 0 Å². The number of halogens is 1. The molecular formula is C31H43FN4O3S. The summed E-state index contributed by atoms with van der Waals surface area (Å²) in [4.78, 5) is 10.2. The van der Waals surface area contributed by atoms with Crippen molar-refractivity contribution in [3.8, 4) is 11.4 Å². The van der Waals surface area contributed by atoms with Crippen molar-refractivity contribution in [1.29, 1.82) is 0 Å². The van der Waals surface area contributed by atoms with E-state index in [0.717, 1.165) is 62.1 Å². The number of imidazole rings is 1. The van der Waals surface area contributed by atoms with E-state index in [2.05, 4.69) is 34.7 Å². The van der Waals surface area contributed by atoms with Gasteiger partial charge in [-0.1, -0.05) is 6.92 Å². The van der Waals surface area contributed by atoms with Gasteiger partial charge in [-0.2, -0.15) is 0 Å². The maximum Gasteiger partial charge on any atom is 0.175 e. The zero-order valence-electron chi connectivity index (χ0n) is 24.4. The number of methoxy groups -OCH3 is 1. The van der Waals surface area contributed by atoms with Crippen molar-refractivity contribution in [2.45, 2.75) is 74.9 Å². The summed E-state index contributed by atoms with van der Waals surface area (Å²) in [5.41, 5.74) is 2.92. The lowest BCUT2D eigenvalue weighted by atomic mass is 9.85. The largest absolute Gasteiger partial charge is 0.383 e. The Bertz CT molecular complexity index is 1430. The number of ether oxygens (including phenoxy) is 1. The molecule has 1 aromatic heterocycles. The van der Waals surface area contributed by atoms with E-state index in [-0.39, 0.29) is 10.7 Å². The van der Waals surface area contributed by atoms with Crippen LogP contribution < -0.4 is 0 Å². The SMILES string of the molecule is CCC1CC(N2CCC(c3cc(F)c4nc(-c5ccc(S(C)(=O)=O)cc5)n(C)c4c3)CC2)CC(C)N1CCOC. The molecule has 0 amide bonds. The van der Waals surface area contributed by atoms with E-state index >= 15 is 4.39 Å². The molecular weight excluding hydrogens is 527 g/mol. The molecule has 0 radical (unpaired) electrons. The van der Waals surface area contributed by atoms with Gasteiger partial charge in [0.25, 0.3) is 0 Å². The lowest BCUT2D eigenvalue weighted by Gasteiger charge is -2.48. The van der Waals surface area contributed by atoms with Crippen molar-refractivity contribution < 1.29 is 17.5 Å². The number of aromatic nitrogens is 2. The van der Waals surface area contributed by atoms with Gasteiger partial charge in [0.05, 0.1) is 17.0 Å². The highest BCUT2D eigenvalue weighted by Crippen LogP contribution is 2.36. The minimum Gasteiger partial charge on any atom is -0.383 e. The third-order valence-electron chi connectivity index (χ3n) is 9.24. The summed E-state index contributed by atoms with van der Waals surface area (Å²) < 4.78 is 46.3. The quantitative estimate of drug-likeness (QED) is 0.369. The average Bonchev–Trinajstić information content (AvgIpc) is 3.28. The summed E-state index contributed by atoms with van der Waals surface area (Å²) in [7, 11) is 0.389. The molecule has 3 unspecified atom stereocenters. The fraction of sp³-hybridized carbons (Fsp3) is 0.581. The van der Waals surface area contributed by atoms with Crippen LogP contribution in [0.3, 0.4) is 0 Å². The molecule has 2 saturated heterocycles. The van der Waals surface area contributed by atoms with E-state index in [9.17, 15) is 8.42 Å². The third kappa shape index (κ3) is 5.84. The van der Waals surface area contributed by atoms with E-state index in [1.54, 1.807) is 37.4 Å². The second-order valence-corrected chi connectivity index (χ2v) is 13.8. The van der Waals surface area contributed by atoms with Gasteiger partial charge < -0.3 is 14.2 Å². The van der Waals surface area contributed by atoms with E-state index in [1.807, 2.05) is 11.6 Å². The number of benzene rings is 2. The first-order valence-electron chi connectivity index (χ1n) is 14.6. The van der Waals surface area contributed by atoms with Crippen LogP contribution in [0.4, 0.5) is 4.39 Å². The predicted octanol–water partition coefficient (Wildman–Crippen LogP) is 5.24. The van der Waals surface area contributed by atoms with Gasteiger partial charge in [0.2, 0.25) is 0 Å². The molecule has 5 rings (SSSR count). The van der Waals surface area contributed by atoms with Crippen LogP contribution in [0.25, 0.3) is 22.4 Å². The molecule has 40 heavy (non-hydrogen) atoms. The number of hydrogen-bond donors (Lipinski definition) is 0. The summed E-state index contributed by atoms with van der Waals surface area (Å²) in [6.07, 6.45) is 6.80. The first-order valence-corrected chi connectivity index (χ1v) is 16.4. The van der Waals surface area contributed by atoms with E-state index in [4.69, 9.17) is 4.74 Å². The Morgan fingerprint density at radius 2 is 1.80 bits per heavy atom. The minimum atomic E-state index is -3.28. The molecule has 3 aromatic rings. The molecule has 2 aliphatic rings. The molecule has 0 N–H and O–H groups in total. The fourth-order valence-corrected chi connectivity index (χ4v) is 7.57. The summed E-state index contributed by atoms with van der Waals surface area (Å²) in [6, 6.07) is 12.1. The van der Waals surface area contributed by atoms with Gasteiger partial charge in [0, 0.05) is 50.6 Å². The fourth-order valence-electron chi connectivity index (χ4n) is 6.94. The maximum absolute atomic E-state index is 15.4. The minimum absolute atomic E-state index is 0.256. The second-order valence-electron chi connectivity index (χ2n) is 11.7. The molecule has 7 nitrogen and oxygen atoms in total. The molecule has 2 aromatic carbocycles. The van der Waals surface area contributed by atoms with Crippen LogP contribution in [0.2, 0.25) is 0 Å². The number of fused-ring (bicyclic) bond motifs is 1. The number of likely N-dealkylation sites (tertiary alicyclic amines) is 2.